The highest BCUT2D eigenvalue weighted by molar-refractivity contribution is 6.06. The van der Waals surface area contributed by atoms with Gasteiger partial charge in [0.05, 0.1) is 43.8 Å². The van der Waals surface area contributed by atoms with Crippen LogP contribution >= 0.6 is 0 Å². The number of carbonyl (C=O) groups excluding carboxylic acids is 4. The summed E-state index contributed by atoms with van der Waals surface area (Å²) in [5.74, 6) is -0.438. The maximum Gasteiger partial charge on any atom is 0.416 e. The summed E-state index contributed by atoms with van der Waals surface area (Å²) in [5, 5.41) is 2.77. The standard InChI is InChI=1S/C34H44N4O10.CH4/c1-5-15-47-34(42)38-25-20-28(45-17-10-12-29(39)35-22-18-26(33(41)44-4)36(2)21-22)27(43-3)19-23(25)31(40)37-14-8-6-11-24(37)32(38)48-30-13-7-9-16-46-30;/h5,18-21,24,30,32H,1,6-17H2,2-4H3,(H,35,39);1H4. The van der Waals surface area contributed by atoms with Gasteiger partial charge in [-0.15, -0.1) is 0 Å². The number of esters is 1. The Morgan fingerprint density at radius 2 is 1.88 bits per heavy atom. The average Bonchev–Trinajstić information content (AvgIpc) is 3.43. The fourth-order valence-corrected chi connectivity index (χ4v) is 6.27. The minimum atomic E-state index is -0.876. The fraction of sp³-hybridized carbons (Fsp3) is 0.543. The highest BCUT2D eigenvalue weighted by Gasteiger charge is 2.46. The molecule has 4 heterocycles. The zero-order chi connectivity index (χ0) is 34.2. The molecular formula is C35H48N4O10. The third-order valence-corrected chi connectivity index (χ3v) is 8.61. The van der Waals surface area contributed by atoms with Crippen LogP contribution in [0.25, 0.3) is 0 Å². The molecule has 14 heteroatoms. The topological polar surface area (TPSA) is 147 Å². The molecule has 1 N–H and O–H groups in total. The Labute approximate surface area is 287 Å². The molecule has 3 atom stereocenters. The lowest BCUT2D eigenvalue weighted by Gasteiger charge is -2.42. The molecule has 0 spiro atoms. The van der Waals surface area contributed by atoms with Crippen LogP contribution in [-0.2, 0) is 30.8 Å². The number of rotatable bonds is 12. The maximum absolute atomic E-state index is 14.1. The quantitative estimate of drug-likeness (QED) is 0.178. The van der Waals surface area contributed by atoms with Crippen LogP contribution < -0.4 is 19.7 Å². The number of hydrogen-bond donors (Lipinski definition) is 1. The van der Waals surface area contributed by atoms with Gasteiger partial charge in [0, 0.05) is 38.9 Å². The lowest BCUT2D eigenvalue weighted by molar-refractivity contribution is -0.198. The van der Waals surface area contributed by atoms with Gasteiger partial charge in [-0.25, -0.2) is 14.5 Å². The van der Waals surface area contributed by atoms with E-state index < -0.39 is 30.6 Å². The molecule has 1 aromatic carbocycles. The average molecular weight is 685 g/mol. The molecule has 2 saturated heterocycles. The molecule has 2 fully saturated rings. The molecule has 0 saturated carbocycles. The van der Waals surface area contributed by atoms with Gasteiger partial charge < -0.3 is 43.2 Å². The zero-order valence-corrected chi connectivity index (χ0v) is 27.7. The summed E-state index contributed by atoms with van der Waals surface area (Å²) in [6.45, 7) is 4.83. The van der Waals surface area contributed by atoms with Crippen molar-refractivity contribution in [2.45, 2.75) is 77.4 Å². The van der Waals surface area contributed by atoms with Crippen LogP contribution in [0, 0.1) is 0 Å². The molecule has 3 aliphatic rings. The van der Waals surface area contributed by atoms with Crippen LogP contribution in [0.5, 0.6) is 11.5 Å². The Morgan fingerprint density at radius 3 is 2.59 bits per heavy atom. The highest BCUT2D eigenvalue weighted by Crippen LogP contribution is 2.42. The maximum atomic E-state index is 14.1. The first-order chi connectivity index (χ1) is 23.2. The van der Waals surface area contributed by atoms with E-state index >= 15 is 0 Å². The molecule has 2 aromatic rings. The predicted octanol–water partition coefficient (Wildman–Crippen LogP) is 5.26. The number of nitrogens with zero attached hydrogens (tertiary/aromatic N) is 3. The van der Waals surface area contributed by atoms with Gasteiger partial charge in [-0.2, -0.15) is 0 Å². The van der Waals surface area contributed by atoms with E-state index in [2.05, 4.69) is 11.9 Å². The molecule has 0 aliphatic carbocycles. The number of aromatic nitrogens is 1. The van der Waals surface area contributed by atoms with Crippen LogP contribution in [0.3, 0.4) is 0 Å². The molecule has 14 nitrogen and oxygen atoms in total. The van der Waals surface area contributed by atoms with Crippen LogP contribution in [0.4, 0.5) is 16.2 Å². The number of nitrogens with one attached hydrogen (secondary N) is 1. The number of methoxy groups -OCH3 is 2. The molecule has 3 amide bonds. The summed E-state index contributed by atoms with van der Waals surface area (Å²) in [5.41, 5.74) is 1.30. The number of fused-ring (bicyclic) bond motifs is 2. The van der Waals surface area contributed by atoms with Gasteiger partial charge in [-0.3, -0.25) is 9.59 Å². The van der Waals surface area contributed by atoms with Crippen LogP contribution in [0.15, 0.2) is 37.1 Å². The lowest BCUT2D eigenvalue weighted by atomic mass is 10.00. The van der Waals surface area contributed by atoms with E-state index in [1.54, 1.807) is 34.8 Å². The van der Waals surface area contributed by atoms with Crippen LogP contribution in [0.1, 0.15) is 79.6 Å². The molecule has 5 rings (SSSR count). The minimum absolute atomic E-state index is 0. The second kappa shape index (κ2) is 17.2. The number of carbonyl (C=O) groups is 4. The number of benzene rings is 1. The Hall–Kier alpha value is -4.56. The summed E-state index contributed by atoms with van der Waals surface area (Å²) < 4.78 is 36.1. The van der Waals surface area contributed by atoms with Crippen molar-refractivity contribution >= 4 is 35.3 Å². The largest absolute Gasteiger partial charge is 0.493 e. The summed E-state index contributed by atoms with van der Waals surface area (Å²) >= 11 is 0. The second-order valence-corrected chi connectivity index (χ2v) is 11.9. The first-order valence-corrected chi connectivity index (χ1v) is 16.3. The SMILES string of the molecule is C.C=CCOC(=O)N1c2cc(OCCCC(=O)Nc3cc(C(=O)OC)n(C)c3)c(OC)cc2C(=O)N2CCCCC2C1OC1CCCCO1. The van der Waals surface area contributed by atoms with Crippen molar-refractivity contribution < 1.29 is 47.6 Å². The lowest BCUT2D eigenvalue weighted by Crippen LogP contribution is -2.57. The normalized spacial score (nSPS) is 20.1. The van der Waals surface area contributed by atoms with Crippen molar-refractivity contribution in [1.29, 1.82) is 0 Å². The van der Waals surface area contributed by atoms with Crippen molar-refractivity contribution in [2.24, 2.45) is 7.05 Å². The van der Waals surface area contributed by atoms with Crippen LogP contribution in [-0.4, -0.2) is 92.5 Å². The van der Waals surface area contributed by atoms with Crippen molar-refractivity contribution in [3.63, 3.8) is 0 Å². The third kappa shape index (κ3) is 8.54. The molecule has 3 unspecified atom stereocenters. The van der Waals surface area contributed by atoms with Gasteiger partial charge in [0.25, 0.3) is 5.91 Å². The van der Waals surface area contributed by atoms with Crippen LogP contribution in [0.2, 0.25) is 0 Å². The molecule has 1 aromatic heterocycles. The number of aryl methyl sites for hydroxylation is 1. The Kier molecular flexibility index (Phi) is 13.1. The molecule has 0 radical (unpaired) electrons. The minimum Gasteiger partial charge on any atom is -0.493 e. The Morgan fingerprint density at radius 1 is 1.08 bits per heavy atom. The van der Waals surface area contributed by atoms with Gasteiger partial charge in [0.2, 0.25) is 5.91 Å². The van der Waals surface area contributed by atoms with E-state index in [0.717, 1.165) is 25.7 Å². The summed E-state index contributed by atoms with van der Waals surface area (Å²) in [6.07, 6.45) is 6.31. The number of ether oxygens (including phenoxy) is 6. The zero-order valence-electron chi connectivity index (χ0n) is 27.7. The molecule has 49 heavy (non-hydrogen) atoms. The number of amides is 3. The highest BCUT2D eigenvalue weighted by atomic mass is 16.7. The summed E-state index contributed by atoms with van der Waals surface area (Å²) in [7, 11) is 4.44. The van der Waals surface area contributed by atoms with Crippen molar-refractivity contribution in [3.05, 3.63) is 48.3 Å². The first-order valence-electron chi connectivity index (χ1n) is 16.3. The first kappa shape index (κ1) is 37.3. The van der Waals surface area contributed by atoms with E-state index in [0.29, 0.717) is 49.5 Å². The predicted molar refractivity (Wildman–Crippen MR) is 181 cm³/mol. The van der Waals surface area contributed by atoms with E-state index in [1.807, 2.05) is 0 Å². The summed E-state index contributed by atoms with van der Waals surface area (Å²) in [4.78, 5) is 55.6. The number of anilines is 2. The molecule has 3 aliphatic heterocycles. The van der Waals surface area contributed by atoms with E-state index in [4.69, 9.17) is 28.4 Å². The van der Waals surface area contributed by atoms with Crippen molar-refractivity contribution in [3.8, 4) is 11.5 Å². The van der Waals surface area contributed by atoms with Gasteiger partial charge in [-0.1, -0.05) is 20.1 Å². The Balaban J connectivity index is 0.00000541. The number of piperidine rings is 1. The van der Waals surface area contributed by atoms with Gasteiger partial charge in [0.15, 0.2) is 24.0 Å². The second-order valence-electron chi connectivity index (χ2n) is 11.9. The van der Waals surface area contributed by atoms with Crippen molar-refractivity contribution in [2.75, 3.05) is 50.8 Å². The smallest absolute Gasteiger partial charge is 0.416 e. The molecule has 0 bridgehead atoms. The molecular weight excluding hydrogens is 636 g/mol. The fourth-order valence-electron chi connectivity index (χ4n) is 6.27. The van der Waals surface area contributed by atoms with E-state index in [9.17, 15) is 19.2 Å². The van der Waals surface area contributed by atoms with Gasteiger partial charge in [0.1, 0.15) is 12.3 Å². The Bertz CT molecular complexity index is 1500. The van der Waals surface area contributed by atoms with Gasteiger partial charge in [-0.05, 0) is 57.1 Å². The molecule has 268 valence electrons. The van der Waals surface area contributed by atoms with E-state index in [1.165, 1.54) is 31.3 Å². The van der Waals surface area contributed by atoms with Gasteiger partial charge >= 0.3 is 12.1 Å². The summed E-state index contributed by atoms with van der Waals surface area (Å²) in [6, 6.07) is 4.28. The third-order valence-electron chi connectivity index (χ3n) is 8.61. The monoisotopic (exact) mass is 684 g/mol. The number of hydrogen-bond acceptors (Lipinski definition) is 10. The van der Waals surface area contributed by atoms with E-state index in [-0.39, 0.29) is 55.9 Å². The van der Waals surface area contributed by atoms with Crippen molar-refractivity contribution in [1.82, 2.24) is 9.47 Å².